The predicted octanol–water partition coefficient (Wildman–Crippen LogP) is 3.57. The third kappa shape index (κ3) is 2.34. The molecule has 3 aromatic rings. The molecule has 0 bridgehead atoms. The second kappa shape index (κ2) is 5.33. The number of aryl methyl sites for hydroxylation is 2. The Labute approximate surface area is 121 Å². The first-order valence-corrected chi connectivity index (χ1v) is 6.99. The van der Waals surface area contributed by atoms with E-state index in [2.05, 4.69) is 11.9 Å². The number of benzene rings is 1. The van der Waals surface area contributed by atoms with Crippen molar-refractivity contribution in [3.8, 4) is 0 Å². The van der Waals surface area contributed by atoms with E-state index in [1.165, 1.54) is 12.1 Å². The maximum atomic E-state index is 13.3. The van der Waals surface area contributed by atoms with E-state index >= 15 is 0 Å². The average Bonchev–Trinajstić information content (AvgIpc) is 3.04. The molecule has 0 saturated carbocycles. The zero-order valence-electron chi connectivity index (χ0n) is 12.0. The largest absolute Gasteiger partial charge is 0.458 e. The highest BCUT2D eigenvalue weighted by Gasteiger charge is 2.23. The van der Waals surface area contributed by atoms with Crippen molar-refractivity contribution < 1.29 is 13.9 Å². The molecule has 0 radical (unpaired) electrons. The molecule has 0 saturated heterocycles. The number of imidazole rings is 1. The molecule has 0 amide bonds. The van der Waals surface area contributed by atoms with Crippen LogP contribution >= 0.6 is 0 Å². The Morgan fingerprint density at radius 3 is 3.00 bits per heavy atom. The van der Waals surface area contributed by atoms with Gasteiger partial charge in [0, 0.05) is 29.9 Å². The Morgan fingerprint density at radius 1 is 1.43 bits per heavy atom. The molecular weight excluding hydrogens is 271 g/mol. The second-order valence-corrected chi connectivity index (χ2v) is 5.11. The number of aromatic nitrogens is 2. The van der Waals surface area contributed by atoms with E-state index in [9.17, 15) is 9.50 Å². The van der Waals surface area contributed by atoms with Gasteiger partial charge in [0.1, 0.15) is 23.0 Å². The van der Waals surface area contributed by atoms with E-state index in [1.807, 2.05) is 17.7 Å². The van der Waals surface area contributed by atoms with E-state index in [0.717, 1.165) is 18.5 Å². The number of hydrogen-bond donors (Lipinski definition) is 1. The SMILES string of the molecule is CCCn1ccnc1C(O)c1oc2ccc(F)cc2c1C. The molecule has 0 aliphatic heterocycles. The second-order valence-electron chi connectivity index (χ2n) is 5.11. The van der Waals surface area contributed by atoms with Gasteiger partial charge in [-0.1, -0.05) is 6.92 Å². The lowest BCUT2D eigenvalue weighted by atomic mass is 10.1. The highest BCUT2D eigenvalue weighted by molar-refractivity contribution is 5.82. The van der Waals surface area contributed by atoms with Crippen LogP contribution < -0.4 is 0 Å². The highest BCUT2D eigenvalue weighted by Crippen LogP contribution is 2.32. The zero-order chi connectivity index (χ0) is 15.0. The minimum Gasteiger partial charge on any atom is -0.458 e. The van der Waals surface area contributed by atoms with Crippen molar-refractivity contribution in [1.29, 1.82) is 0 Å². The summed E-state index contributed by atoms with van der Waals surface area (Å²) in [7, 11) is 0. The molecule has 2 heterocycles. The van der Waals surface area contributed by atoms with Crippen LogP contribution in [0.15, 0.2) is 35.0 Å². The smallest absolute Gasteiger partial charge is 0.170 e. The molecule has 3 rings (SSSR count). The first-order valence-electron chi connectivity index (χ1n) is 6.99. The summed E-state index contributed by atoms with van der Waals surface area (Å²) < 4.78 is 20.9. The zero-order valence-corrected chi connectivity index (χ0v) is 12.0. The number of hydrogen-bond acceptors (Lipinski definition) is 3. The van der Waals surface area contributed by atoms with Gasteiger partial charge in [-0.05, 0) is 31.5 Å². The molecule has 0 fully saturated rings. The summed E-state index contributed by atoms with van der Waals surface area (Å²) in [5, 5.41) is 11.2. The number of halogens is 1. The van der Waals surface area contributed by atoms with Gasteiger partial charge in [-0.3, -0.25) is 0 Å². The van der Waals surface area contributed by atoms with Crippen LogP contribution in [0, 0.1) is 12.7 Å². The number of aliphatic hydroxyl groups is 1. The van der Waals surface area contributed by atoms with Crippen LogP contribution in [0.1, 0.15) is 36.6 Å². The Kier molecular flexibility index (Phi) is 3.51. The van der Waals surface area contributed by atoms with Crippen LogP contribution in [0.4, 0.5) is 4.39 Å². The average molecular weight is 288 g/mol. The summed E-state index contributed by atoms with van der Waals surface area (Å²) >= 11 is 0. The van der Waals surface area contributed by atoms with Crippen LogP contribution in [0.3, 0.4) is 0 Å². The first-order chi connectivity index (χ1) is 10.1. The van der Waals surface area contributed by atoms with Crippen LogP contribution in [-0.4, -0.2) is 14.7 Å². The molecule has 1 N–H and O–H groups in total. The lowest BCUT2D eigenvalue weighted by Crippen LogP contribution is -2.09. The Balaban J connectivity index is 2.07. The minimum absolute atomic E-state index is 0.320. The fourth-order valence-corrected chi connectivity index (χ4v) is 2.59. The molecule has 1 atom stereocenters. The van der Waals surface area contributed by atoms with Gasteiger partial charge in [0.25, 0.3) is 0 Å². The molecule has 1 aromatic carbocycles. The van der Waals surface area contributed by atoms with Crippen LogP contribution in [0.2, 0.25) is 0 Å². The summed E-state index contributed by atoms with van der Waals surface area (Å²) in [6.07, 6.45) is 3.48. The maximum absolute atomic E-state index is 13.3. The number of nitrogens with zero attached hydrogens (tertiary/aromatic N) is 2. The van der Waals surface area contributed by atoms with Crippen molar-refractivity contribution in [2.45, 2.75) is 32.9 Å². The third-order valence-corrected chi connectivity index (χ3v) is 3.64. The number of furan rings is 1. The Morgan fingerprint density at radius 2 is 2.24 bits per heavy atom. The topological polar surface area (TPSA) is 51.2 Å². The standard InChI is InChI=1S/C16H17FN2O2/c1-3-7-19-8-6-18-16(19)14(20)15-10(2)12-9-11(17)4-5-13(12)21-15/h4-6,8-9,14,20H,3,7H2,1-2H3. The molecule has 5 heteroatoms. The maximum Gasteiger partial charge on any atom is 0.170 e. The van der Waals surface area contributed by atoms with Crippen LogP contribution in [0.25, 0.3) is 11.0 Å². The first kappa shape index (κ1) is 13.8. The number of fused-ring (bicyclic) bond motifs is 1. The van der Waals surface area contributed by atoms with E-state index in [4.69, 9.17) is 4.42 Å². The molecule has 1 unspecified atom stereocenters. The van der Waals surface area contributed by atoms with Gasteiger partial charge in [-0.25, -0.2) is 9.37 Å². The molecule has 0 spiro atoms. The van der Waals surface area contributed by atoms with Crippen molar-refractivity contribution in [3.05, 3.63) is 53.6 Å². The summed E-state index contributed by atoms with van der Waals surface area (Å²) in [4.78, 5) is 4.22. The summed E-state index contributed by atoms with van der Waals surface area (Å²) in [6.45, 7) is 4.66. The summed E-state index contributed by atoms with van der Waals surface area (Å²) in [5.41, 5.74) is 1.31. The molecule has 0 aliphatic rings. The van der Waals surface area contributed by atoms with Gasteiger partial charge in [0.15, 0.2) is 6.10 Å². The quantitative estimate of drug-likeness (QED) is 0.798. The van der Waals surface area contributed by atoms with E-state index in [1.54, 1.807) is 12.3 Å². The van der Waals surface area contributed by atoms with Gasteiger partial charge in [0.05, 0.1) is 0 Å². The molecule has 0 aliphatic carbocycles. The van der Waals surface area contributed by atoms with Crippen LogP contribution in [0.5, 0.6) is 0 Å². The number of aliphatic hydroxyl groups excluding tert-OH is 1. The minimum atomic E-state index is -0.956. The van der Waals surface area contributed by atoms with Crippen molar-refractivity contribution >= 4 is 11.0 Å². The lowest BCUT2D eigenvalue weighted by molar-refractivity contribution is 0.177. The predicted molar refractivity (Wildman–Crippen MR) is 77.5 cm³/mol. The highest BCUT2D eigenvalue weighted by atomic mass is 19.1. The number of rotatable bonds is 4. The molecule has 4 nitrogen and oxygen atoms in total. The normalized spacial score (nSPS) is 13.0. The van der Waals surface area contributed by atoms with Crippen molar-refractivity contribution in [1.82, 2.24) is 9.55 Å². The Bertz CT molecular complexity index is 776. The van der Waals surface area contributed by atoms with Crippen molar-refractivity contribution in [3.63, 3.8) is 0 Å². The lowest BCUT2D eigenvalue weighted by Gasteiger charge is -2.11. The Hall–Kier alpha value is -2.14. The molecule has 2 aromatic heterocycles. The van der Waals surface area contributed by atoms with Crippen molar-refractivity contribution in [2.24, 2.45) is 0 Å². The molecule has 110 valence electrons. The van der Waals surface area contributed by atoms with Gasteiger partial charge in [-0.15, -0.1) is 0 Å². The summed E-state index contributed by atoms with van der Waals surface area (Å²) in [5.74, 6) is 0.638. The van der Waals surface area contributed by atoms with Gasteiger partial charge < -0.3 is 14.1 Å². The fourth-order valence-electron chi connectivity index (χ4n) is 2.59. The third-order valence-electron chi connectivity index (χ3n) is 3.64. The van der Waals surface area contributed by atoms with Crippen molar-refractivity contribution in [2.75, 3.05) is 0 Å². The van der Waals surface area contributed by atoms with Crippen LogP contribution in [-0.2, 0) is 6.54 Å². The van der Waals surface area contributed by atoms with Gasteiger partial charge >= 0.3 is 0 Å². The van der Waals surface area contributed by atoms with E-state index in [0.29, 0.717) is 22.6 Å². The van der Waals surface area contributed by atoms with E-state index in [-0.39, 0.29) is 5.82 Å². The molecular formula is C16H17FN2O2. The van der Waals surface area contributed by atoms with Gasteiger partial charge in [0.2, 0.25) is 0 Å². The molecule has 21 heavy (non-hydrogen) atoms. The fraction of sp³-hybridized carbons (Fsp3) is 0.312. The monoisotopic (exact) mass is 288 g/mol. The van der Waals surface area contributed by atoms with E-state index < -0.39 is 6.10 Å². The summed E-state index contributed by atoms with van der Waals surface area (Å²) in [6, 6.07) is 4.34. The van der Waals surface area contributed by atoms with Gasteiger partial charge in [-0.2, -0.15) is 0 Å².